The number of carbonyl (C=O) groups is 1. The van der Waals surface area contributed by atoms with Crippen LogP contribution in [0.25, 0.3) is 0 Å². The van der Waals surface area contributed by atoms with E-state index < -0.39 is 0 Å². The van der Waals surface area contributed by atoms with E-state index in [0.29, 0.717) is 41.0 Å². The Kier molecular flexibility index (Phi) is 5.64. The minimum atomic E-state index is -0.294. The van der Waals surface area contributed by atoms with Crippen LogP contribution in [0.15, 0.2) is 64.9 Å². The number of nitrogens with one attached hydrogen (secondary N) is 1. The van der Waals surface area contributed by atoms with E-state index in [-0.39, 0.29) is 5.91 Å². The number of halogens is 1. The summed E-state index contributed by atoms with van der Waals surface area (Å²) < 4.78 is 11.2. The molecule has 0 unspecified atom stereocenters. The molecule has 8 heteroatoms. The molecule has 0 bridgehead atoms. The molecule has 1 aromatic carbocycles. The zero-order valence-electron chi connectivity index (χ0n) is 14.7. The van der Waals surface area contributed by atoms with Gasteiger partial charge in [0.1, 0.15) is 10.1 Å². The monoisotopic (exact) mass is 413 g/mol. The fraction of sp³-hybridized carbons (Fsp3) is 0.150. The maximum absolute atomic E-state index is 12.7. The van der Waals surface area contributed by atoms with Crippen LogP contribution in [0.2, 0.25) is 5.02 Å². The van der Waals surface area contributed by atoms with E-state index in [0.717, 1.165) is 16.5 Å². The predicted octanol–water partition coefficient (Wildman–Crippen LogP) is 4.69. The average molecular weight is 414 g/mol. The van der Waals surface area contributed by atoms with Gasteiger partial charge in [0.05, 0.1) is 18.2 Å². The molecule has 1 amide bonds. The standard InChI is InChI=1S/C20H16ClN3O3S/c21-15-10-13(11-16-19(15)27-9-3-8-26-16)20(25)24-14-5-7-23-18(12-14)28-17-4-1-2-6-22-17/h1-2,4-7,10-12H,3,8-9H2,(H,23,24,25). The normalized spacial score (nSPS) is 12.9. The van der Waals surface area contributed by atoms with Crippen LogP contribution < -0.4 is 14.8 Å². The van der Waals surface area contributed by atoms with Crippen molar-refractivity contribution < 1.29 is 14.3 Å². The first-order valence-corrected chi connectivity index (χ1v) is 9.84. The number of hydrogen-bond donors (Lipinski definition) is 1. The lowest BCUT2D eigenvalue weighted by molar-refractivity contribution is 0.102. The molecule has 0 atom stereocenters. The highest BCUT2D eigenvalue weighted by Crippen LogP contribution is 2.38. The van der Waals surface area contributed by atoms with Crippen LogP contribution in [-0.4, -0.2) is 29.1 Å². The topological polar surface area (TPSA) is 73.3 Å². The van der Waals surface area contributed by atoms with Gasteiger partial charge in [0, 0.05) is 30.1 Å². The molecule has 1 aliphatic heterocycles. The second-order valence-corrected chi connectivity index (χ2v) is 7.39. The Morgan fingerprint density at radius 3 is 2.75 bits per heavy atom. The second-order valence-electron chi connectivity index (χ2n) is 5.94. The van der Waals surface area contributed by atoms with Crippen molar-refractivity contribution in [2.75, 3.05) is 18.5 Å². The molecule has 28 heavy (non-hydrogen) atoms. The first-order chi connectivity index (χ1) is 13.7. The van der Waals surface area contributed by atoms with E-state index in [1.165, 1.54) is 11.8 Å². The largest absolute Gasteiger partial charge is 0.489 e. The Labute approximate surface area is 171 Å². The molecular formula is C20H16ClN3O3S. The molecule has 2 aromatic heterocycles. The second kappa shape index (κ2) is 8.50. The number of aromatic nitrogens is 2. The number of carbonyl (C=O) groups excluding carboxylic acids is 1. The van der Waals surface area contributed by atoms with E-state index in [2.05, 4.69) is 15.3 Å². The van der Waals surface area contributed by atoms with Crippen LogP contribution in [0, 0.1) is 0 Å². The lowest BCUT2D eigenvalue weighted by Crippen LogP contribution is -2.12. The van der Waals surface area contributed by atoms with Gasteiger partial charge < -0.3 is 14.8 Å². The quantitative estimate of drug-likeness (QED) is 0.668. The number of benzene rings is 1. The summed E-state index contributed by atoms with van der Waals surface area (Å²) >= 11 is 7.69. The zero-order chi connectivity index (χ0) is 19.3. The summed E-state index contributed by atoms with van der Waals surface area (Å²) in [7, 11) is 0. The number of fused-ring (bicyclic) bond motifs is 1. The third kappa shape index (κ3) is 4.37. The van der Waals surface area contributed by atoms with Crippen molar-refractivity contribution in [3.05, 3.63) is 65.4 Å². The Morgan fingerprint density at radius 1 is 1.04 bits per heavy atom. The molecule has 0 saturated carbocycles. The smallest absolute Gasteiger partial charge is 0.255 e. The average Bonchev–Trinajstić information content (AvgIpc) is 2.95. The van der Waals surface area contributed by atoms with Gasteiger partial charge in [0.2, 0.25) is 0 Å². The molecule has 0 fully saturated rings. The van der Waals surface area contributed by atoms with Gasteiger partial charge >= 0.3 is 0 Å². The highest BCUT2D eigenvalue weighted by molar-refractivity contribution is 7.99. The Hall–Kier alpha value is -2.77. The third-order valence-electron chi connectivity index (χ3n) is 3.90. The molecular weight excluding hydrogens is 398 g/mol. The number of nitrogens with zero attached hydrogens (tertiary/aromatic N) is 2. The molecule has 3 heterocycles. The van der Waals surface area contributed by atoms with Crippen LogP contribution in [0.3, 0.4) is 0 Å². The fourth-order valence-corrected chi connectivity index (χ4v) is 3.66. The van der Waals surface area contributed by atoms with Gasteiger partial charge in [0.15, 0.2) is 11.5 Å². The molecule has 142 valence electrons. The number of amides is 1. The summed E-state index contributed by atoms with van der Waals surface area (Å²) in [6.45, 7) is 1.05. The number of rotatable bonds is 4. The fourth-order valence-electron chi connectivity index (χ4n) is 2.62. The molecule has 3 aromatic rings. The summed E-state index contributed by atoms with van der Waals surface area (Å²) in [6.07, 6.45) is 4.13. The minimum Gasteiger partial charge on any atom is -0.489 e. The Balaban J connectivity index is 1.52. The SMILES string of the molecule is O=C(Nc1ccnc(Sc2ccccn2)c1)c1cc(Cl)c2c(c1)OCCCO2. The van der Waals surface area contributed by atoms with Gasteiger partial charge in [-0.05, 0) is 36.4 Å². The molecule has 0 aliphatic carbocycles. The van der Waals surface area contributed by atoms with Gasteiger partial charge in [0.25, 0.3) is 5.91 Å². The van der Waals surface area contributed by atoms with E-state index in [1.54, 1.807) is 36.7 Å². The van der Waals surface area contributed by atoms with Crippen LogP contribution in [0.5, 0.6) is 11.5 Å². The van der Waals surface area contributed by atoms with Crippen molar-refractivity contribution in [1.82, 2.24) is 9.97 Å². The third-order valence-corrected chi connectivity index (χ3v) is 5.07. The zero-order valence-corrected chi connectivity index (χ0v) is 16.3. The minimum absolute atomic E-state index is 0.294. The number of pyridine rings is 2. The molecule has 0 radical (unpaired) electrons. The molecule has 1 aliphatic rings. The molecule has 4 rings (SSSR count). The number of ether oxygens (including phenoxy) is 2. The van der Waals surface area contributed by atoms with E-state index in [1.807, 2.05) is 18.2 Å². The van der Waals surface area contributed by atoms with E-state index >= 15 is 0 Å². The van der Waals surface area contributed by atoms with Crippen molar-refractivity contribution in [2.45, 2.75) is 16.5 Å². The van der Waals surface area contributed by atoms with Crippen LogP contribution in [-0.2, 0) is 0 Å². The molecule has 0 spiro atoms. The van der Waals surface area contributed by atoms with Gasteiger partial charge in [-0.3, -0.25) is 4.79 Å². The highest BCUT2D eigenvalue weighted by Gasteiger charge is 2.18. The van der Waals surface area contributed by atoms with Crippen molar-refractivity contribution in [2.24, 2.45) is 0 Å². The maximum Gasteiger partial charge on any atom is 0.255 e. The number of anilines is 1. The van der Waals surface area contributed by atoms with E-state index in [4.69, 9.17) is 21.1 Å². The van der Waals surface area contributed by atoms with Crippen LogP contribution in [0.4, 0.5) is 5.69 Å². The Morgan fingerprint density at radius 2 is 1.89 bits per heavy atom. The highest BCUT2D eigenvalue weighted by atomic mass is 35.5. The maximum atomic E-state index is 12.7. The van der Waals surface area contributed by atoms with Crippen LogP contribution >= 0.6 is 23.4 Å². The van der Waals surface area contributed by atoms with Crippen LogP contribution in [0.1, 0.15) is 16.8 Å². The van der Waals surface area contributed by atoms with Crippen molar-refractivity contribution in [3.8, 4) is 11.5 Å². The summed E-state index contributed by atoms with van der Waals surface area (Å²) in [5.74, 6) is 0.669. The summed E-state index contributed by atoms with van der Waals surface area (Å²) in [5.41, 5.74) is 1.02. The summed E-state index contributed by atoms with van der Waals surface area (Å²) in [5, 5.41) is 4.78. The lowest BCUT2D eigenvalue weighted by Gasteiger charge is -2.12. The van der Waals surface area contributed by atoms with E-state index in [9.17, 15) is 4.79 Å². The summed E-state index contributed by atoms with van der Waals surface area (Å²) in [4.78, 5) is 21.3. The first kappa shape index (κ1) is 18.6. The number of hydrogen-bond acceptors (Lipinski definition) is 6. The van der Waals surface area contributed by atoms with Gasteiger partial charge in [-0.15, -0.1) is 0 Å². The van der Waals surface area contributed by atoms with Gasteiger partial charge in [-0.2, -0.15) is 0 Å². The molecule has 0 saturated heterocycles. The van der Waals surface area contributed by atoms with Crippen molar-refractivity contribution in [1.29, 1.82) is 0 Å². The predicted molar refractivity (Wildman–Crippen MR) is 108 cm³/mol. The molecule has 1 N–H and O–H groups in total. The molecule has 6 nitrogen and oxygen atoms in total. The summed E-state index contributed by atoms with van der Waals surface area (Å²) in [6, 6.07) is 12.4. The van der Waals surface area contributed by atoms with Gasteiger partial charge in [-0.25, -0.2) is 9.97 Å². The Bertz CT molecular complexity index is 1000. The van der Waals surface area contributed by atoms with Crippen molar-refractivity contribution >= 4 is 35.0 Å². The van der Waals surface area contributed by atoms with Crippen molar-refractivity contribution in [3.63, 3.8) is 0 Å². The lowest BCUT2D eigenvalue weighted by atomic mass is 10.2. The van der Waals surface area contributed by atoms with Gasteiger partial charge in [-0.1, -0.05) is 29.4 Å². The first-order valence-electron chi connectivity index (χ1n) is 8.64.